The molecule has 3 aliphatic rings. The molecule has 1 aromatic rings. The molecule has 1 aliphatic heterocycles. The van der Waals surface area contributed by atoms with Crippen molar-refractivity contribution in [3.8, 4) is 0 Å². The number of nitrogens with one attached hydrogen (secondary N) is 1. The molecule has 0 spiro atoms. The molecule has 0 radical (unpaired) electrons. The van der Waals surface area contributed by atoms with Gasteiger partial charge in [0.25, 0.3) is 0 Å². The van der Waals surface area contributed by atoms with Crippen LogP contribution in [0, 0.1) is 11.8 Å². The summed E-state index contributed by atoms with van der Waals surface area (Å²) in [5.74, 6) is 2.03. The van der Waals surface area contributed by atoms with Gasteiger partial charge in [-0.25, -0.2) is 0 Å². The lowest BCUT2D eigenvalue weighted by molar-refractivity contribution is 0.0411. The van der Waals surface area contributed by atoms with E-state index in [1.54, 1.807) is 0 Å². The van der Waals surface area contributed by atoms with Gasteiger partial charge in [0.2, 0.25) is 0 Å². The summed E-state index contributed by atoms with van der Waals surface area (Å²) in [5, 5.41) is 3.66. The highest BCUT2D eigenvalue weighted by Gasteiger charge is 2.41. The minimum Gasteiger partial charge on any atom is -0.397 e. The van der Waals surface area contributed by atoms with Crippen molar-refractivity contribution < 1.29 is 0 Å². The smallest absolute Gasteiger partial charge is 0.0575 e. The van der Waals surface area contributed by atoms with Gasteiger partial charge < -0.3 is 11.1 Å². The first-order valence-electron chi connectivity index (χ1n) is 11.0. The summed E-state index contributed by atoms with van der Waals surface area (Å²) < 4.78 is 0. The molecule has 2 aliphatic carbocycles. The fourth-order valence-electron chi connectivity index (χ4n) is 6.29. The lowest BCUT2D eigenvalue weighted by Gasteiger charge is -2.46. The third-order valence-electron chi connectivity index (χ3n) is 7.36. The zero-order valence-corrected chi connectivity index (χ0v) is 16.7. The van der Waals surface area contributed by atoms with Crippen LogP contribution in [0.25, 0.3) is 0 Å². The first-order valence-corrected chi connectivity index (χ1v) is 11.0. The highest BCUT2D eigenvalue weighted by atomic mass is 15.2. The maximum atomic E-state index is 6.12. The van der Waals surface area contributed by atoms with Gasteiger partial charge in [-0.3, -0.25) is 4.90 Å². The first-order chi connectivity index (χ1) is 12.6. The number of nitrogen functional groups attached to an aromatic ring is 1. The second-order valence-electron chi connectivity index (χ2n) is 9.42. The predicted octanol–water partition coefficient (Wildman–Crippen LogP) is 5.28. The number of hydrogen-bond donors (Lipinski definition) is 2. The van der Waals surface area contributed by atoms with E-state index < -0.39 is 0 Å². The van der Waals surface area contributed by atoms with Crippen LogP contribution < -0.4 is 11.1 Å². The molecule has 144 valence electrons. The van der Waals surface area contributed by atoms with Gasteiger partial charge in [0.15, 0.2) is 0 Å². The van der Waals surface area contributed by atoms with Gasteiger partial charge in [-0.2, -0.15) is 0 Å². The summed E-state index contributed by atoms with van der Waals surface area (Å²) in [4.78, 5) is 2.94. The lowest BCUT2D eigenvalue weighted by Crippen LogP contribution is -2.48. The first kappa shape index (κ1) is 18.2. The van der Waals surface area contributed by atoms with Gasteiger partial charge >= 0.3 is 0 Å². The number of likely N-dealkylation sites (tertiary alicyclic amines) is 1. The number of hydrogen-bond acceptors (Lipinski definition) is 3. The van der Waals surface area contributed by atoms with E-state index in [1.165, 1.54) is 57.8 Å². The molecule has 1 saturated heterocycles. The minimum atomic E-state index is 0.459. The lowest BCUT2D eigenvalue weighted by atomic mass is 9.70. The zero-order chi connectivity index (χ0) is 18.1. The van der Waals surface area contributed by atoms with Crippen LogP contribution in [0.3, 0.4) is 0 Å². The van der Waals surface area contributed by atoms with Crippen LogP contribution in [-0.4, -0.2) is 29.1 Å². The zero-order valence-electron chi connectivity index (χ0n) is 16.7. The second kappa shape index (κ2) is 7.80. The Morgan fingerprint density at radius 3 is 2.54 bits per heavy atom. The van der Waals surface area contributed by atoms with E-state index in [0.717, 1.165) is 41.3 Å². The Balaban J connectivity index is 1.40. The van der Waals surface area contributed by atoms with Crippen molar-refractivity contribution >= 4 is 11.4 Å². The van der Waals surface area contributed by atoms with E-state index in [9.17, 15) is 0 Å². The van der Waals surface area contributed by atoms with Crippen molar-refractivity contribution in [2.24, 2.45) is 11.8 Å². The van der Waals surface area contributed by atoms with E-state index in [-0.39, 0.29) is 0 Å². The highest BCUT2D eigenvalue weighted by Crippen LogP contribution is 2.44. The average molecular weight is 356 g/mol. The van der Waals surface area contributed by atoms with E-state index in [1.807, 2.05) is 12.1 Å². The van der Waals surface area contributed by atoms with Gasteiger partial charge in [0, 0.05) is 24.2 Å². The fraction of sp³-hybridized carbons (Fsp3) is 0.739. The number of fused-ring (bicyclic) bond motifs is 2. The van der Waals surface area contributed by atoms with Gasteiger partial charge in [-0.1, -0.05) is 31.4 Å². The Kier molecular flexibility index (Phi) is 5.45. The second-order valence-corrected chi connectivity index (χ2v) is 9.42. The van der Waals surface area contributed by atoms with Crippen molar-refractivity contribution in [1.29, 1.82) is 0 Å². The molecule has 5 atom stereocenters. The molecular formula is C23H37N3. The van der Waals surface area contributed by atoms with Crippen LogP contribution in [0.5, 0.6) is 0 Å². The number of benzene rings is 1. The largest absolute Gasteiger partial charge is 0.397 e. The summed E-state index contributed by atoms with van der Waals surface area (Å²) in [5.41, 5.74) is 8.07. The van der Waals surface area contributed by atoms with Crippen molar-refractivity contribution in [2.45, 2.75) is 95.8 Å². The van der Waals surface area contributed by atoms with Crippen LogP contribution >= 0.6 is 0 Å². The standard InChI is InChI=1S/C23H37N3/c1-16(25-23-9-4-3-8-22(23)24)12-20-11-10-17(2)26(20)21-14-18-6-5-7-19(13-18)15-21/h3-4,8-9,16-21,25H,5-7,10-15,24H2,1-2H3/t16-,17-,18?,19?,20-,21?/m0/s1. The van der Waals surface area contributed by atoms with Crippen molar-refractivity contribution in [2.75, 3.05) is 11.1 Å². The number of rotatable bonds is 5. The third-order valence-corrected chi connectivity index (χ3v) is 7.36. The molecule has 3 fully saturated rings. The summed E-state index contributed by atoms with van der Waals surface area (Å²) in [6.07, 6.45) is 12.9. The molecule has 3 nitrogen and oxygen atoms in total. The van der Waals surface area contributed by atoms with Crippen LogP contribution in [0.1, 0.15) is 71.6 Å². The number of nitrogens with two attached hydrogens (primary N) is 1. The number of anilines is 2. The van der Waals surface area contributed by atoms with E-state index in [0.29, 0.717) is 6.04 Å². The molecule has 26 heavy (non-hydrogen) atoms. The van der Waals surface area contributed by atoms with Crippen LogP contribution in [0.15, 0.2) is 24.3 Å². The van der Waals surface area contributed by atoms with Crippen LogP contribution in [-0.2, 0) is 0 Å². The molecular weight excluding hydrogens is 318 g/mol. The van der Waals surface area contributed by atoms with Gasteiger partial charge in [0.05, 0.1) is 11.4 Å². The molecule has 2 saturated carbocycles. The summed E-state index contributed by atoms with van der Waals surface area (Å²) >= 11 is 0. The van der Waals surface area contributed by atoms with Gasteiger partial charge in [0.1, 0.15) is 0 Å². The third kappa shape index (κ3) is 3.88. The maximum absolute atomic E-state index is 6.12. The molecule has 0 amide bonds. The predicted molar refractivity (Wildman–Crippen MR) is 111 cm³/mol. The van der Waals surface area contributed by atoms with Gasteiger partial charge in [-0.15, -0.1) is 0 Å². The topological polar surface area (TPSA) is 41.3 Å². The Hall–Kier alpha value is -1.22. The summed E-state index contributed by atoms with van der Waals surface area (Å²) in [6.45, 7) is 4.79. The quantitative estimate of drug-likeness (QED) is 0.706. The number of nitrogens with zero attached hydrogens (tertiary/aromatic N) is 1. The minimum absolute atomic E-state index is 0.459. The fourth-order valence-corrected chi connectivity index (χ4v) is 6.29. The van der Waals surface area contributed by atoms with Crippen molar-refractivity contribution in [3.63, 3.8) is 0 Å². The van der Waals surface area contributed by atoms with E-state index >= 15 is 0 Å². The highest BCUT2D eigenvalue weighted by molar-refractivity contribution is 5.65. The molecule has 3 N–H and O–H groups in total. The normalized spacial score (nSPS) is 36.0. The Bertz CT molecular complexity index is 589. The number of para-hydroxylation sites is 2. The van der Waals surface area contributed by atoms with Crippen LogP contribution in [0.2, 0.25) is 0 Å². The van der Waals surface area contributed by atoms with E-state index in [2.05, 4.69) is 36.2 Å². The monoisotopic (exact) mass is 355 g/mol. The Labute approximate surface area is 159 Å². The average Bonchev–Trinajstić information content (AvgIpc) is 2.97. The van der Waals surface area contributed by atoms with Gasteiger partial charge in [-0.05, 0) is 76.3 Å². The molecule has 4 rings (SSSR count). The van der Waals surface area contributed by atoms with E-state index in [4.69, 9.17) is 5.73 Å². The molecule has 1 heterocycles. The molecule has 2 unspecified atom stereocenters. The Morgan fingerprint density at radius 1 is 1.08 bits per heavy atom. The summed E-state index contributed by atoms with van der Waals surface area (Å²) in [7, 11) is 0. The van der Waals surface area contributed by atoms with Crippen molar-refractivity contribution in [1.82, 2.24) is 4.90 Å². The molecule has 1 aromatic carbocycles. The molecule has 2 bridgehead atoms. The Morgan fingerprint density at radius 2 is 1.81 bits per heavy atom. The molecule has 3 heteroatoms. The van der Waals surface area contributed by atoms with Crippen LogP contribution in [0.4, 0.5) is 11.4 Å². The maximum Gasteiger partial charge on any atom is 0.0575 e. The SMILES string of the molecule is C[C@@H](C[C@@H]1CC[C@H](C)N1C1CC2CCCC(C2)C1)Nc1ccccc1N. The molecule has 0 aromatic heterocycles. The summed E-state index contributed by atoms with van der Waals surface area (Å²) in [6, 6.07) is 11.0. The van der Waals surface area contributed by atoms with Crippen molar-refractivity contribution in [3.05, 3.63) is 24.3 Å².